The molecule has 0 N–H and O–H groups in total. The normalized spacial score (nSPS) is 14.7. The smallest absolute Gasteiger partial charge is 0.264 e. The summed E-state index contributed by atoms with van der Waals surface area (Å²) in [7, 11) is 1.57. The number of methoxy groups -OCH3 is 1. The molecule has 0 aromatic heterocycles. The zero-order valence-electron chi connectivity index (χ0n) is 14.8. The van der Waals surface area contributed by atoms with Gasteiger partial charge in [-0.3, -0.25) is 4.79 Å². The predicted octanol–water partition coefficient (Wildman–Crippen LogP) is 2.95. The Labute approximate surface area is 153 Å². The predicted molar refractivity (Wildman–Crippen MR) is 102 cm³/mol. The van der Waals surface area contributed by atoms with Gasteiger partial charge in [0, 0.05) is 37.4 Å². The molecule has 0 saturated carbocycles. The molecule has 1 amide bonds. The quantitative estimate of drug-likeness (QED) is 0.630. The summed E-state index contributed by atoms with van der Waals surface area (Å²) >= 11 is 0. The molecular weight excluding hydrogens is 326 g/mol. The van der Waals surface area contributed by atoms with Gasteiger partial charge in [-0.2, -0.15) is 5.26 Å². The van der Waals surface area contributed by atoms with Crippen molar-refractivity contribution in [2.45, 2.75) is 0 Å². The van der Waals surface area contributed by atoms with E-state index in [1.54, 1.807) is 18.1 Å². The number of anilines is 1. The number of piperazine rings is 1. The fourth-order valence-electron chi connectivity index (χ4n) is 3.06. The minimum Gasteiger partial charge on any atom is -0.496 e. The lowest BCUT2D eigenvalue weighted by Crippen LogP contribution is -2.49. The van der Waals surface area contributed by atoms with Crippen LogP contribution in [0.4, 0.5) is 5.69 Å². The first-order valence-corrected chi connectivity index (χ1v) is 8.57. The van der Waals surface area contributed by atoms with Gasteiger partial charge in [-0.05, 0) is 24.3 Å². The van der Waals surface area contributed by atoms with Crippen molar-refractivity contribution in [2.75, 3.05) is 38.2 Å². The van der Waals surface area contributed by atoms with Crippen LogP contribution in [-0.2, 0) is 4.79 Å². The molecule has 2 aromatic carbocycles. The molecule has 1 fully saturated rings. The Kier molecular flexibility index (Phi) is 5.55. The third-order valence-electron chi connectivity index (χ3n) is 4.48. The third-order valence-corrected chi connectivity index (χ3v) is 4.48. The van der Waals surface area contributed by atoms with E-state index in [9.17, 15) is 10.1 Å². The van der Waals surface area contributed by atoms with Gasteiger partial charge in [0.05, 0.1) is 7.11 Å². The van der Waals surface area contributed by atoms with E-state index in [0.29, 0.717) is 18.8 Å². The van der Waals surface area contributed by atoms with Crippen molar-refractivity contribution in [3.8, 4) is 11.8 Å². The van der Waals surface area contributed by atoms with E-state index in [1.165, 1.54) is 0 Å². The van der Waals surface area contributed by atoms with Gasteiger partial charge in [-0.1, -0.05) is 36.4 Å². The monoisotopic (exact) mass is 347 g/mol. The Morgan fingerprint density at radius 3 is 2.35 bits per heavy atom. The SMILES string of the molecule is COc1ccccc1/C=C(/C#N)C(=O)N1CCN(c2ccccc2)CC1. The molecule has 26 heavy (non-hydrogen) atoms. The minimum atomic E-state index is -0.230. The number of para-hydroxylation sites is 2. The van der Waals surface area contributed by atoms with Gasteiger partial charge in [0.2, 0.25) is 0 Å². The maximum atomic E-state index is 12.8. The van der Waals surface area contributed by atoms with E-state index < -0.39 is 0 Å². The van der Waals surface area contributed by atoms with Crippen molar-refractivity contribution in [1.29, 1.82) is 5.26 Å². The molecule has 132 valence electrons. The van der Waals surface area contributed by atoms with Gasteiger partial charge >= 0.3 is 0 Å². The van der Waals surface area contributed by atoms with Crippen molar-refractivity contribution >= 4 is 17.7 Å². The van der Waals surface area contributed by atoms with Gasteiger partial charge < -0.3 is 14.5 Å². The van der Waals surface area contributed by atoms with Crippen molar-refractivity contribution < 1.29 is 9.53 Å². The first kappa shape index (κ1) is 17.6. The molecule has 0 aliphatic carbocycles. The number of amides is 1. The molecule has 2 aromatic rings. The molecule has 1 aliphatic heterocycles. The lowest BCUT2D eigenvalue weighted by atomic mass is 10.1. The van der Waals surface area contributed by atoms with E-state index in [4.69, 9.17) is 4.74 Å². The summed E-state index contributed by atoms with van der Waals surface area (Å²) in [6, 6.07) is 19.5. The number of nitrogens with zero attached hydrogens (tertiary/aromatic N) is 3. The summed E-state index contributed by atoms with van der Waals surface area (Å²) in [5, 5.41) is 9.46. The number of hydrogen-bond acceptors (Lipinski definition) is 4. The highest BCUT2D eigenvalue weighted by molar-refractivity contribution is 6.02. The second kappa shape index (κ2) is 8.21. The van der Waals surface area contributed by atoms with Crippen LogP contribution in [0, 0.1) is 11.3 Å². The topological polar surface area (TPSA) is 56.6 Å². The summed E-state index contributed by atoms with van der Waals surface area (Å²) in [4.78, 5) is 16.7. The highest BCUT2D eigenvalue weighted by Gasteiger charge is 2.24. The van der Waals surface area contributed by atoms with E-state index in [1.807, 2.05) is 48.5 Å². The van der Waals surface area contributed by atoms with Crippen LogP contribution in [0.1, 0.15) is 5.56 Å². The minimum absolute atomic E-state index is 0.127. The van der Waals surface area contributed by atoms with Crippen LogP contribution in [-0.4, -0.2) is 44.1 Å². The lowest BCUT2D eigenvalue weighted by molar-refractivity contribution is -0.126. The summed E-state index contributed by atoms with van der Waals surface area (Å²) in [6.45, 7) is 2.70. The Balaban J connectivity index is 1.70. The second-order valence-electron chi connectivity index (χ2n) is 6.03. The fraction of sp³-hybridized carbons (Fsp3) is 0.238. The fourth-order valence-corrected chi connectivity index (χ4v) is 3.06. The van der Waals surface area contributed by atoms with Crippen LogP contribution in [0.5, 0.6) is 5.75 Å². The molecule has 0 unspecified atom stereocenters. The largest absolute Gasteiger partial charge is 0.496 e. The lowest BCUT2D eigenvalue weighted by Gasteiger charge is -2.36. The zero-order chi connectivity index (χ0) is 18.4. The van der Waals surface area contributed by atoms with Crippen molar-refractivity contribution in [1.82, 2.24) is 4.90 Å². The number of nitriles is 1. The van der Waals surface area contributed by atoms with E-state index in [-0.39, 0.29) is 11.5 Å². The van der Waals surface area contributed by atoms with Gasteiger partial charge in [-0.25, -0.2) is 0 Å². The average molecular weight is 347 g/mol. The summed E-state index contributed by atoms with van der Waals surface area (Å²) in [5.74, 6) is 0.410. The van der Waals surface area contributed by atoms with Gasteiger partial charge in [0.25, 0.3) is 5.91 Å². The van der Waals surface area contributed by atoms with Crippen LogP contribution in [0.3, 0.4) is 0 Å². The van der Waals surface area contributed by atoms with Crippen LogP contribution < -0.4 is 9.64 Å². The van der Waals surface area contributed by atoms with E-state index in [2.05, 4.69) is 17.0 Å². The van der Waals surface area contributed by atoms with Crippen LogP contribution in [0.25, 0.3) is 6.08 Å². The molecule has 0 spiro atoms. The molecule has 0 radical (unpaired) electrons. The third kappa shape index (κ3) is 3.86. The highest BCUT2D eigenvalue weighted by Crippen LogP contribution is 2.22. The number of ether oxygens (including phenoxy) is 1. The molecule has 0 bridgehead atoms. The number of hydrogen-bond donors (Lipinski definition) is 0. The van der Waals surface area contributed by atoms with Crippen molar-refractivity contribution in [2.24, 2.45) is 0 Å². The Morgan fingerprint density at radius 1 is 1.04 bits per heavy atom. The molecule has 0 atom stereocenters. The number of carbonyl (C=O) groups is 1. The zero-order valence-corrected chi connectivity index (χ0v) is 14.8. The molecular formula is C21H21N3O2. The number of rotatable bonds is 4. The summed E-state index contributed by atoms with van der Waals surface area (Å²) < 4.78 is 5.29. The Morgan fingerprint density at radius 2 is 1.69 bits per heavy atom. The maximum Gasteiger partial charge on any atom is 0.264 e. The van der Waals surface area contributed by atoms with Gasteiger partial charge in [0.15, 0.2) is 0 Å². The Hall–Kier alpha value is -3.26. The first-order valence-electron chi connectivity index (χ1n) is 8.57. The van der Waals surface area contributed by atoms with Crippen LogP contribution in [0.15, 0.2) is 60.2 Å². The molecule has 3 rings (SSSR count). The molecule has 1 aliphatic rings. The van der Waals surface area contributed by atoms with Crippen molar-refractivity contribution in [3.63, 3.8) is 0 Å². The van der Waals surface area contributed by atoms with Crippen LogP contribution in [0.2, 0.25) is 0 Å². The van der Waals surface area contributed by atoms with Crippen molar-refractivity contribution in [3.05, 3.63) is 65.7 Å². The molecule has 5 nitrogen and oxygen atoms in total. The second-order valence-corrected chi connectivity index (χ2v) is 6.03. The first-order chi connectivity index (χ1) is 12.7. The maximum absolute atomic E-state index is 12.8. The molecule has 5 heteroatoms. The van der Waals surface area contributed by atoms with Gasteiger partial charge in [0.1, 0.15) is 17.4 Å². The van der Waals surface area contributed by atoms with E-state index >= 15 is 0 Å². The van der Waals surface area contributed by atoms with E-state index in [0.717, 1.165) is 24.3 Å². The molecule has 1 heterocycles. The van der Waals surface area contributed by atoms with Gasteiger partial charge in [-0.15, -0.1) is 0 Å². The summed E-state index contributed by atoms with van der Waals surface area (Å²) in [6.07, 6.45) is 1.60. The summed E-state index contributed by atoms with van der Waals surface area (Å²) in [5.41, 5.74) is 2.01. The average Bonchev–Trinajstić information content (AvgIpc) is 2.72. The molecule has 1 saturated heterocycles. The van der Waals surface area contributed by atoms with Crippen LogP contribution >= 0.6 is 0 Å². The Bertz CT molecular complexity index is 832. The number of carbonyl (C=O) groups excluding carboxylic acids is 1. The standard InChI is InChI=1S/C21H21N3O2/c1-26-20-10-6-5-7-17(20)15-18(16-22)21(25)24-13-11-23(12-14-24)19-8-3-2-4-9-19/h2-10,15H,11-14H2,1H3/b18-15-. The highest BCUT2D eigenvalue weighted by atomic mass is 16.5. The number of benzene rings is 2.